The summed E-state index contributed by atoms with van der Waals surface area (Å²) in [6, 6.07) is 2.44. The Morgan fingerprint density at radius 1 is 1.40 bits per heavy atom. The number of halogens is 1. The number of rotatable bonds is 1. The number of ether oxygens (including phenoxy) is 1. The van der Waals surface area contributed by atoms with Gasteiger partial charge in [-0.25, -0.2) is 14.2 Å². The summed E-state index contributed by atoms with van der Waals surface area (Å²) in [6.45, 7) is 1.72. The minimum atomic E-state index is -0.776. The quantitative estimate of drug-likeness (QED) is 0.681. The second kappa shape index (κ2) is 4.16. The summed E-state index contributed by atoms with van der Waals surface area (Å²) in [5.74, 6) is -0.961. The standard InChI is InChI=1S/C13H10FN3O3/c1-6-15-5-11-12(18)16-9-4-8(14)7(13(19)20-2)3-10(9)17(6)11/h3-5H,1-2H3,(H,16,18). The van der Waals surface area contributed by atoms with Crippen LogP contribution in [0.3, 0.4) is 0 Å². The van der Waals surface area contributed by atoms with Gasteiger partial charge >= 0.3 is 5.97 Å². The normalized spacial score (nSPS) is 11.2. The predicted molar refractivity (Wildman–Crippen MR) is 69.4 cm³/mol. The van der Waals surface area contributed by atoms with Gasteiger partial charge < -0.3 is 9.72 Å². The van der Waals surface area contributed by atoms with Crippen LogP contribution in [0.25, 0.3) is 16.6 Å². The SMILES string of the molecule is COC(=O)c1cc2c(cc1F)[nH]c(=O)c1cnc(C)n12. The van der Waals surface area contributed by atoms with E-state index >= 15 is 0 Å². The van der Waals surface area contributed by atoms with E-state index in [9.17, 15) is 14.0 Å². The number of fused-ring (bicyclic) bond motifs is 3. The minimum absolute atomic E-state index is 0.193. The van der Waals surface area contributed by atoms with Gasteiger partial charge in [-0.05, 0) is 13.0 Å². The highest BCUT2D eigenvalue weighted by atomic mass is 19.1. The van der Waals surface area contributed by atoms with Crippen molar-refractivity contribution in [3.05, 3.63) is 45.9 Å². The zero-order valence-electron chi connectivity index (χ0n) is 10.7. The molecule has 3 aromatic rings. The van der Waals surface area contributed by atoms with Crippen LogP contribution in [0.5, 0.6) is 0 Å². The van der Waals surface area contributed by atoms with E-state index in [1.165, 1.54) is 19.4 Å². The third-order valence-corrected chi connectivity index (χ3v) is 3.15. The molecule has 0 saturated heterocycles. The molecule has 1 N–H and O–H groups in total. The maximum atomic E-state index is 13.9. The largest absolute Gasteiger partial charge is 0.465 e. The summed E-state index contributed by atoms with van der Waals surface area (Å²) in [4.78, 5) is 30.0. The molecular formula is C13H10FN3O3. The third-order valence-electron chi connectivity index (χ3n) is 3.15. The monoisotopic (exact) mass is 275 g/mol. The fraction of sp³-hybridized carbons (Fsp3) is 0.154. The maximum absolute atomic E-state index is 13.9. The Bertz CT molecular complexity index is 910. The topological polar surface area (TPSA) is 76.5 Å². The minimum Gasteiger partial charge on any atom is -0.465 e. The molecule has 0 spiro atoms. The van der Waals surface area contributed by atoms with Crippen molar-refractivity contribution in [2.24, 2.45) is 0 Å². The van der Waals surface area contributed by atoms with E-state index in [1.807, 2.05) is 0 Å². The lowest BCUT2D eigenvalue weighted by molar-refractivity contribution is 0.0595. The molecule has 6 nitrogen and oxygen atoms in total. The van der Waals surface area contributed by atoms with Gasteiger partial charge in [0.25, 0.3) is 5.56 Å². The van der Waals surface area contributed by atoms with E-state index in [-0.39, 0.29) is 16.6 Å². The number of esters is 1. The fourth-order valence-corrected chi connectivity index (χ4v) is 2.21. The lowest BCUT2D eigenvalue weighted by Gasteiger charge is -2.07. The van der Waals surface area contributed by atoms with E-state index in [1.54, 1.807) is 11.3 Å². The number of methoxy groups -OCH3 is 1. The molecule has 3 rings (SSSR count). The molecule has 102 valence electrons. The van der Waals surface area contributed by atoms with Gasteiger partial charge in [0.05, 0.1) is 29.9 Å². The van der Waals surface area contributed by atoms with Crippen LogP contribution >= 0.6 is 0 Å². The van der Waals surface area contributed by atoms with Crippen LogP contribution in [0.1, 0.15) is 16.2 Å². The molecular weight excluding hydrogens is 265 g/mol. The van der Waals surface area contributed by atoms with Gasteiger partial charge in [-0.2, -0.15) is 0 Å². The summed E-state index contributed by atoms with van der Waals surface area (Å²) in [5.41, 5.74) is 0.535. The first kappa shape index (κ1) is 12.3. The number of H-pyrrole nitrogens is 1. The second-order valence-corrected chi connectivity index (χ2v) is 4.32. The Morgan fingerprint density at radius 2 is 2.15 bits per heavy atom. The summed E-state index contributed by atoms with van der Waals surface area (Å²) < 4.78 is 20.0. The number of aryl methyl sites for hydroxylation is 1. The number of aromatic amines is 1. The Balaban J connectivity index is 2.51. The van der Waals surface area contributed by atoms with Crippen LogP contribution in [0.15, 0.2) is 23.1 Å². The van der Waals surface area contributed by atoms with Crippen LogP contribution < -0.4 is 5.56 Å². The highest BCUT2D eigenvalue weighted by Crippen LogP contribution is 2.19. The van der Waals surface area contributed by atoms with Crippen LogP contribution in [0.2, 0.25) is 0 Å². The Hall–Kier alpha value is -2.70. The first-order valence-electron chi connectivity index (χ1n) is 5.81. The van der Waals surface area contributed by atoms with Crippen molar-refractivity contribution in [1.29, 1.82) is 0 Å². The summed E-state index contributed by atoms with van der Waals surface area (Å²) in [7, 11) is 1.18. The van der Waals surface area contributed by atoms with Crippen molar-refractivity contribution in [3.63, 3.8) is 0 Å². The number of benzene rings is 1. The number of hydrogen-bond acceptors (Lipinski definition) is 4. The van der Waals surface area contributed by atoms with E-state index < -0.39 is 11.8 Å². The smallest absolute Gasteiger partial charge is 0.340 e. The number of nitrogens with zero attached hydrogens (tertiary/aromatic N) is 2. The van der Waals surface area contributed by atoms with E-state index in [2.05, 4.69) is 14.7 Å². The first-order chi connectivity index (χ1) is 9.52. The lowest BCUT2D eigenvalue weighted by atomic mass is 10.1. The molecule has 0 radical (unpaired) electrons. The van der Waals surface area contributed by atoms with Gasteiger partial charge in [0.1, 0.15) is 17.2 Å². The van der Waals surface area contributed by atoms with Gasteiger partial charge in [0.15, 0.2) is 0 Å². The van der Waals surface area contributed by atoms with Crippen LogP contribution in [-0.4, -0.2) is 27.4 Å². The Kier molecular flexibility index (Phi) is 2.56. The molecule has 2 heterocycles. The molecule has 0 bridgehead atoms. The third kappa shape index (κ3) is 1.59. The highest BCUT2D eigenvalue weighted by Gasteiger charge is 2.16. The summed E-state index contributed by atoms with van der Waals surface area (Å²) >= 11 is 0. The van der Waals surface area contributed by atoms with E-state index in [0.717, 1.165) is 6.07 Å². The number of aromatic nitrogens is 3. The Morgan fingerprint density at radius 3 is 2.85 bits per heavy atom. The maximum Gasteiger partial charge on any atom is 0.340 e. The number of carbonyl (C=O) groups excluding carboxylic acids is 1. The molecule has 0 aliphatic carbocycles. The molecule has 0 saturated carbocycles. The van der Waals surface area contributed by atoms with Gasteiger partial charge in [-0.3, -0.25) is 9.20 Å². The number of nitrogens with one attached hydrogen (secondary N) is 1. The van der Waals surface area contributed by atoms with Crippen molar-refractivity contribution in [1.82, 2.24) is 14.4 Å². The van der Waals surface area contributed by atoms with Crippen molar-refractivity contribution < 1.29 is 13.9 Å². The zero-order valence-corrected chi connectivity index (χ0v) is 10.7. The molecule has 0 amide bonds. The predicted octanol–water partition coefficient (Wildman–Crippen LogP) is 1.41. The molecule has 20 heavy (non-hydrogen) atoms. The molecule has 7 heteroatoms. The van der Waals surface area contributed by atoms with Gasteiger partial charge in [-0.15, -0.1) is 0 Å². The van der Waals surface area contributed by atoms with Gasteiger partial charge in [0, 0.05) is 6.07 Å². The van der Waals surface area contributed by atoms with Crippen LogP contribution in [0, 0.1) is 12.7 Å². The van der Waals surface area contributed by atoms with E-state index in [0.29, 0.717) is 16.9 Å². The first-order valence-corrected chi connectivity index (χ1v) is 5.81. The number of carbonyl (C=O) groups is 1. The summed E-state index contributed by atoms with van der Waals surface area (Å²) in [6.07, 6.45) is 1.43. The number of imidazole rings is 1. The van der Waals surface area contributed by atoms with Gasteiger partial charge in [0.2, 0.25) is 0 Å². The highest BCUT2D eigenvalue weighted by molar-refractivity contribution is 5.94. The Labute approximate surface area is 111 Å². The number of hydrogen-bond donors (Lipinski definition) is 1. The lowest BCUT2D eigenvalue weighted by Crippen LogP contribution is -2.12. The van der Waals surface area contributed by atoms with Crippen molar-refractivity contribution >= 4 is 22.5 Å². The average Bonchev–Trinajstić information content (AvgIpc) is 2.80. The summed E-state index contributed by atoms with van der Waals surface area (Å²) in [5, 5.41) is 0. The van der Waals surface area contributed by atoms with Crippen molar-refractivity contribution in [2.45, 2.75) is 6.92 Å². The van der Waals surface area contributed by atoms with Crippen LogP contribution in [-0.2, 0) is 4.74 Å². The zero-order chi connectivity index (χ0) is 14.4. The molecule has 0 unspecified atom stereocenters. The van der Waals surface area contributed by atoms with Crippen LogP contribution in [0.4, 0.5) is 4.39 Å². The molecule has 0 aliphatic rings. The average molecular weight is 275 g/mol. The van der Waals surface area contributed by atoms with E-state index in [4.69, 9.17) is 0 Å². The fourth-order valence-electron chi connectivity index (χ4n) is 2.21. The van der Waals surface area contributed by atoms with Crippen molar-refractivity contribution in [2.75, 3.05) is 7.11 Å². The van der Waals surface area contributed by atoms with Crippen molar-refractivity contribution in [3.8, 4) is 0 Å². The molecule has 2 aromatic heterocycles. The molecule has 0 atom stereocenters. The molecule has 0 aliphatic heterocycles. The molecule has 1 aromatic carbocycles. The molecule has 0 fully saturated rings. The second-order valence-electron chi connectivity index (χ2n) is 4.32. The van der Waals surface area contributed by atoms with Gasteiger partial charge in [-0.1, -0.05) is 0 Å².